The van der Waals surface area contributed by atoms with Crippen LogP contribution in [0.2, 0.25) is 0 Å². The number of carbonyl (C=O) groups is 1. The number of hydrogen-bond acceptors (Lipinski definition) is 5. The molecule has 6 heteroatoms. The average molecular weight is 353 g/mol. The molecule has 20 heavy (non-hydrogen) atoms. The number of anilines is 2. The first-order valence-electron chi connectivity index (χ1n) is 6.37. The second kappa shape index (κ2) is 5.54. The van der Waals surface area contributed by atoms with Gasteiger partial charge in [0.05, 0.1) is 6.61 Å². The normalized spacial score (nSPS) is 13.4. The predicted octanol–water partition coefficient (Wildman–Crippen LogP) is 3.78. The first-order valence-corrected chi connectivity index (χ1v) is 8.05. The lowest BCUT2D eigenvalue weighted by atomic mass is 10.2. The Morgan fingerprint density at radius 2 is 2.40 bits per heavy atom. The van der Waals surface area contributed by atoms with Gasteiger partial charge in [-0.25, -0.2) is 9.78 Å². The summed E-state index contributed by atoms with van der Waals surface area (Å²) in [5, 5.41) is 2.60. The predicted molar refractivity (Wildman–Crippen MR) is 82.9 cm³/mol. The molecular weight excluding hydrogens is 340 g/mol. The molecule has 1 aromatic heterocycles. The highest BCUT2D eigenvalue weighted by Crippen LogP contribution is 2.37. The van der Waals surface area contributed by atoms with Crippen molar-refractivity contribution in [3.8, 4) is 0 Å². The van der Waals surface area contributed by atoms with Crippen molar-refractivity contribution in [1.29, 1.82) is 0 Å². The number of esters is 1. The van der Waals surface area contributed by atoms with Crippen LogP contribution in [0.4, 0.5) is 10.8 Å². The monoisotopic (exact) mass is 352 g/mol. The number of benzene rings is 1. The standard InChI is InChI=1S/C14H13BrN2O2S/c1-2-19-13(18)11-8-20-14(16-11)17-6-5-9-7-10(15)3-4-12(9)17/h3-4,7-8H,2,5-6H2,1H3. The van der Waals surface area contributed by atoms with Gasteiger partial charge in [0.1, 0.15) is 0 Å². The molecule has 2 aromatic rings. The Balaban J connectivity index is 1.87. The highest BCUT2D eigenvalue weighted by atomic mass is 79.9. The van der Waals surface area contributed by atoms with E-state index in [9.17, 15) is 4.79 Å². The maximum Gasteiger partial charge on any atom is 0.357 e. The third kappa shape index (κ3) is 2.45. The topological polar surface area (TPSA) is 42.4 Å². The molecule has 0 bridgehead atoms. The van der Waals surface area contributed by atoms with E-state index < -0.39 is 0 Å². The van der Waals surface area contributed by atoms with Crippen LogP contribution in [-0.2, 0) is 11.2 Å². The Morgan fingerprint density at radius 3 is 3.20 bits per heavy atom. The summed E-state index contributed by atoms with van der Waals surface area (Å²) in [4.78, 5) is 18.2. The van der Waals surface area contributed by atoms with Crippen LogP contribution in [-0.4, -0.2) is 24.1 Å². The number of ether oxygens (including phenoxy) is 1. The fourth-order valence-electron chi connectivity index (χ4n) is 2.26. The molecule has 1 aliphatic heterocycles. The van der Waals surface area contributed by atoms with Crippen LogP contribution in [0.3, 0.4) is 0 Å². The highest BCUT2D eigenvalue weighted by molar-refractivity contribution is 9.10. The second-order valence-electron chi connectivity index (χ2n) is 4.41. The van der Waals surface area contributed by atoms with Gasteiger partial charge in [-0.05, 0) is 37.1 Å². The summed E-state index contributed by atoms with van der Waals surface area (Å²) in [6, 6.07) is 6.24. The zero-order valence-electron chi connectivity index (χ0n) is 10.9. The molecule has 2 heterocycles. The molecule has 0 spiro atoms. The first kappa shape index (κ1) is 13.6. The molecule has 0 N–H and O–H groups in total. The summed E-state index contributed by atoms with van der Waals surface area (Å²) < 4.78 is 6.06. The summed E-state index contributed by atoms with van der Waals surface area (Å²) in [6.45, 7) is 3.05. The third-order valence-electron chi connectivity index (χ3n) is 3.14. The van der Waals surface area contributed by atoms with Gasteiger partial charge in [0, 0.05) is 22.1 Å². The number of hydrogen-bond donors (Lipinski definition) is 0. The molecule has 104 valence electrons. The highest BCUT2D eigenvalue weighted by Gasteiger charge is 2.24. The van der Waals surface area contributed by atoms with Gasteiger partial charge in [-0.15, -0.1) is 11.3 Å². The van der Waals surface area contributed by atoms with E-state index >= 15 is 0 Å². The van der Waals surface area contributed by atoms with Gasteiger partial charge in [0.25, 0.3) is 0 Å². The molecule has 3 rings (SSSR count). The van der Waals surface area contributed by atoms with Crippen LogP contribution in [0, 0.1) is 0 Å². The number of thiazole rings is 1. The minimum atomic E-state index is -0.356. The molecule has 0 saturated carbocycles. The quantitative estimate of drug-likeness (QED) is 0.788. The van der Waals surface area contributed by atoms with Crippen LogP contribution in [0.5, 0.6) is 0 Å². The Morgan fingerprint density at radius 1 is 1.55 bits per heavy atom. The van der Waals surface area contributed by atoms with Crippen LogP contribution in [0.25, 0.3) is 0 Å². The fourth-order valence-corrected chi connectivity index (χ4v) is 3.50. The third-order valence-corrected chi connectivity index (χ3v) is 4.50. The molecule has 1 aliphatic rings. The summed E-state index contributed by atoms with van der Waals surface area (Å²) >= 11 is 4.96. The van der Waals surface area contributed by atoms with Crippen LogP contribution < -0.4 is 4.90 Å². The maximum atomic E-state index is 11.7. The summed E-state index contributed by atoms with van der Waals surface area (Å²) in [7, 11) is 0. The number of aromatic nitrogens is 1. The fraction of sp³-hybridized carbons (Fsp3) is 0.286. The summed E-state index contributed by atoms with van der Waals surface area (Å²) in [5.41, 5.74) is 2.85. The molecule has 0 atom stereocenters. The average Bonchev–Trinajstić information content (AvgIpc) is 3.04. The lowest BCUT2D eigenvalue weighted by Crippen LogP contribution is -2.13. The molecule has 0 unspecified atom stereocenters. The van der Waals surface area contributed by atoms with Gasteiger partial charge in [-0.2, -0.15) is 0 Å². The van der Waals surface area contributed by atoms with E-state index in [1.807, 2.05) is 6.07 Å². The van der Waals surface area contributed by atoms with E-state index in [4.69, 9.17) is 4.74 Å². The minimum absolute atomic E-state index is 0.356. The number of nitrogens with zero attached hydrogens (tertiary/aromatic N) is 2. The molecular formula is C14H13BrN2O2S. The van der Waals surface area contributed by atoms with E-state index in [0.717, 1.165) is 28.3 Å². The van der Waals surface area contributed by atoms with E-state index in [1.54, 1.807) is 12.3 Å². The zero-order valence-corrected chi connectivity index (χ0v) is 13.3. The minimum Gasteiger partial charge on any atom is -0.461 e. The molecule has 0 radical (unpaired) electrons. The van der Waals surface area contributed by atoms with E-state index in [-0.39, 0.29) is 5.97 Å². The molecule has 0 saturated heterocycles. The lowest BCUT2D eigenvalue weighted by molar-refractivity contribution is 0.0520. The van der Waals surface area contributed by atoms with Gasteiger partial charge < -0.3 is 9.64 Å². The Labute approximate surface area is 129 Å². The van der Waals surface area contributed by atoms with Gasteiger partial charge >= 0.3 is 5.97 Å². The van der Waals surface area contributed by atoms with Gasteiger partial charge in [-0.3, -0.25) is 0 Å². The van der Waals surface area contributed by atoms with Crippen LogP contribution >= 0.6 is 27.3 Å². The number of halogens is 1. The van der Waals surface area contributed by atoms with Crippen molar-refractivity contribution >= 4 is 44.1 Å². The van der Waals surface area contributed by atoms with Crippen molar-refractivity contribution in [2.75, 3.05) is 18.1 Å². The molecule has 0 amide bonds. The van der Waals surface area contributed by atoms with E-state index in [1.165, 1.54) is 16.9 Å². The second-order valence-corrected chi connectivity index (χ2v) is 6.16. The van der Waals surface area contributed by atoms with Crippen LogP contribution in [0.1, 0.15) is 23.0 Å². The number of carbonyl (C=O) groups excluding carboxylic acids is 1. The number of fused-ring (bicyclic) bond motifs is 1. The Kier molecular flexibility index (Phi) is 3.76. The zero-order chi connectivity index (χ0) is 14.1. The Hall–Kier alpha value is -1.40. The molecule has 0 aliphatic carbocycles. The summed E-state index contributed by atoms with van der Waals surface area (Å²) in [5.74, 6) is -0.356. The largest absolute Gasteiger partial charge is 0.461 e. The SMILES string of the molecule is CCOC(=O)c1csc(N2CCc3cc(Br)ccc32)n1. The molecule has 1 aromatic carbocycles. The van der Waals surface area contributed by atoms with Gasteiger partial charge in [0.2, 0.25) is 0 Å². The van der Waals surface area contributed by atoms with E-state index in [2.05, 4.69) is 37.9 Å². The molecule has 4 nitrogen and oxygen atoms in total. The van der Waals surface area contributed by atoms with Crippen molar-refractivity contribution < 1.29 is 9.53 Å². The van der Waals surface area contributed by atoms with Crippen molar-refractivity contribution in [2.24, 2.45) is 0 Å². The lowest BCUT2D eigenvalue weighted by Gasteiger charge is -2.15. The van der Waals surface area contributed by atoms with Gasteiger partial charge in [0.15, 0.2) is 10.8 Å². The van der Waals surface area contributed by atoms with E-state index in [0.29, 0.717) is 12.3 Å². The van der Waals surface area contributed by atoms with Crippen molar-refractivity contribution in [3.05, 3.63) is 39.3 Å². The van der Waals surface area contributed by atoms with Gasteiger partial charge in [-0.1, -0.05) is 15.9 Å². The summed E-state index contributed by atoms with van der Waals surface area (Å²) in [6.07, 6.45) is 0.989. The molecule has 0 fully saturated rings. The maximum absolute atomic E-state index is 11.7. The van der Waals surface area contributed by atoms with Crippen molar-refractivity contribution in [2.45, 2.75) is 13.3 Å². The van der Waals surface area contributed by atoms with Crippen molar-refractivity contribution in [3.63, 3.8) is 0 Å². The van der Waals surface area contributed by atoms with Crippen LogP contribution in [0.15, 0.2) is 28.1 Å². The van der Waals surface area contributed by atoms with Crippen molar-refractivity contribution in [1.82, 2.24) is 4.98 Å². The number of rotatable bonds is 3. The smallest absolute Gasteiger partial charge is 0.357 e. The Bertz CT molecular complexity index is 656. The first-order chi connectivity index (χ1) is 9.69.